The van der Waals surface area contributed by atoms with E-state index in [1.807, 2.05) is 16.8 Å². The Morgan fingerprint density at radius 3 is 2.13 bits per heavy atom. The number of nitrogens with zero attached hydrogens (tertiary/aromatic N) is 2. The van der Waals surface area contributed by atoms with Gasteiger partial charge in [0.05, 0.1) is 5.56 Å². The molecule has 0 unspecified atom stereocenters. The zero-order chi connectivity index (χ0) is 21.1. The van der Waals surface area contributed by atoms with Crippen molar-refractivity contribution in [3.8, 4) is 11.5 Å². The molecule has 0 aliphatic heterocycles. The number of fused-ring (bicyclic) bond motifs is 1. The van der Waals surface area contributed by atoms with Gasteiger partial charge < -0.3 is 19.8 Å². The number of benzene rings is 2. The SMILES string of the molecule is O=C(Nc1ccc(Oc2ccn3ccnc3c2)cc1)Nc1ccc(C(F)(F)F)cc1. The molecule has 0 aliphatic carbocycles. The summed E-state index contributed by atoms with van der Waals surface area (Å²) in [4.78, 5) is 16.2. The summed E-state index contributed by atoms with van der Waals surface area (Å²) in [7, 11) is 0. The van der Waals surface area contributed by atoms with E-state index >= 15 is 0 Å². The Bertz CT molecular complexity index is 1170. The Labute approximate surface area is 168 Å². The third-order valence-electron chi connectivity index (χ3n) is 4.19. The molecule has 0 saturated carbocycles. The molecule has 4 rings (SSSR count). The monoisotopic (exact) mass is 412 g/mol. The van der Waals surface area contributed by atoms with Crippen molar-refractivity contribution >= 4 is 23.1 Å². The summed E-state index contributed by atoms with van der Waals surface area (Å²) in [6.45, 7) is 0. The Morgan fingerprint density at radius 2 is 1.50 bits per heavy atom. The van der Waals surface area contributed by atoms with Crippen molar-refractivity contribution in [1.82, 2.24) is 9.38 Å². The van der Waals surface area contributed by atoms with Crippen LogP contribution < -0.4 is 15.4 Å². The molecule has 2 aromatic heterocycles. The average molecular weight is 412 g/mol. The summed E-state index contributed by atoms with van der Waals surface area (Å²) in [5.41, 5.74) is 0.715. The van der Waals surface area contributed by atoms with Crippen LogP contribution >= 0.6 is 0 Å². The quantitative estimate of drug-likeness (QED) is 0.446. The molecule has 152 valence electrons. The number of imidazole rings is 1. The van der Waals surface area contributed by atoms with Crippen LogP contribution in [0.25, 0.3) is 5.65 Å². The van der Waals surface area contributed by atoms with Crippen molar-refractivity contribution in [1.29, 1.82) is 0 Å². The smallest absolute Gasteiger partial charge is 0.416 e. The molecule has 0 saturated heterocycles. The fraction of sp³-hybridized carbons (Fsp3) is 0.0476. The number of carbonyl (C=O) groups excluding carboxylic acids is 1. The van der Waals surface area contributed by atoms with Crippen molar-refractivity contribution in [3.63, 3.8) is 0 Å². The van der Waals surface area contributed by atoms with Crippen molar-refractivity contribution in [2.45, 2.75) is 6.18 Å². The first-order valence-electron chi connectivity index (χ1n) is 8.83. The third-order valence-corrected chi connectivity index (χ3v) is 4.19. The van der Waals surface area contributed by atoms with Gasteiger partial charge >= 0.3 is 12.2 Å². The van der Waals surface area contributed by atoms with E-state index < -0.39 is 17.8 Å². The van der Waals surface area contributed by atoms with E-state index in [2.05, 4.69) is 15.6 Å². The van der Waals surface area contributed by atoms with Gasteiger partial charge in [0, 0.05) is 36.0 Å². The van der Waals surface area contributed by atoms with Crippen LogP contribution in [0.2, 0.25) is 0 Å². The first-order chi connectivity index (χ1) is 14.4. The molecule has 2 aromatic carbocycles. The number of nitrogens with one attached hydrogen (secondary N) is 2. The van der Waals surface area contributed by atoms with E-state index in [0.29, 0.717) is 17.2 Å². The van der Waals surface area contributed by atoms with E-state index in [1.54, 1.807) is 42.6 Å². The minimum absolute atomic E-state index is 0.245. The van der Waals surface area contributed by atoms with Crippen molar-refractivity contribution < 1.29 is 22.7 Å². The highest BCUT2D eigenvalue weighted by Gasteiger charge is 2.29. The van der Waals surface area contributed by atoms with Crippen LogP contribution in [-0.2, 0) is 6.18 Å². The zero-order valence-electron chi connectivity index (χ0n) is 15.4. The standard InChI is InChI=1S/C21H15F3N4O2/c22-21(23,24)14-1-3-15(4-2-14)26-20(29)27-16-5-7-17(8-6-16)30-18-9-11-28-12-10-25-19(28)13-18/h1-13H,(H2,26,27,29). The van der Waals surface area contributed by atoms with Crippen molar-refractivity contribution in [2.75, 3.05) is 10.6 Å². The highest BCUT2D eigenvalue weighted by atomic mass is 19.4. The van der Waals surface area contributed by atoms with Gasteiger partial charge in [0.15, 0.2) is 0 Å². The normalized spacial score (nSPS) is 11.3. The maximum Gasteiger partial charge on any atom is 0.416 e. The van der Waals surface area contributed by atoms with Crippen molar-refractivity contribution in [3.05, 3.63) is 84.8 Å². The number of hydrogen-bond donors (Lipinski definition) is 2. The first kappa shape index (κ1) is 19.3. The van der Waals surface area contributed by atoms with Gasteiger partial charge in [-0.05, 0) is 54.6 Å². The number of amides is 2. The molecule has 6 nitrogen and oxygen atoms in total. The van der Waals surface area contributed by atoms with Crippen LogP contribution in [0.5, 0.6) is 11.5 Å². The number of urea groups is 1. The number of pyridine rings is 1. The van der Waals surface area contributed by atoms with E-state index in [4.69, 9.17) is 4.74 Å². The fourth-order valence-corrected chi connectivity index (χ4v) is 2.73. The number of rotatable bonds is 4. The number of hydrogen-bond acceptors (Lipinski definition) is 3. The second kappa shape index (κ2) is 7.78. The van der Waals surface area contributed by atoms with E-state index in [1.165, 1.54) is 12.1 Å². The van der Waals surface area contributed by atoms with Gasteiger partial charge in [-0.3, -0.25) is 0 Å². The van der Waals surface area contributed by atoms with Crippen LogP contribution in [0.3, 0.4) is 0 Å². The van der Waals surface area contributed by atoms with Gasteiger partial charge in [0.1, 0.15) is 17.1 Å². The predicted molar refractivity (Wildman–Crippen MR) is 106 cm³/mol. The molecule has 30 heavy (non-hydrogen) atoms. The number of aromatic nitrogens is 2. The molecule has 0 atom stereocenters. The Kier molecular flexibility index (Phi) is 5.01. The molecule has 2 N–H and O–H groups in total. The van der Waals surface area contributed by atoms with E-state index in [9.17, 15) is 18.0 Å². The summed E-state index contributed by atoms with van der Waals surface area (Å²) >= 11 is 0. The van der Waals surface area contributed by atoms with Gasteiger partial charge in [0.2, 0.25) is 0 Å². The third kappa shape index (κ3) is 4.52. The van der Waals surface area contributed by atoms with Gasteiger partial charge in [0.25, 0.3) is 0 Å². The Morgan fingerprint density at radius 1 is 0.867 bits per heavy atom. The van der Waals surface area contributed by atoms with Gasteiger partial charge in [-0.1, -0.05) is 0 Å². The van der Waals surface area contributed by atoms with Crippen LogP contribution in [0, 0.1) is 0 Å². The summed E-state index contributed by atoms with van der Waals surface area (Å²) in [5.74, 6) is 1.19. The lowest BCUT2D eigenvalue weighted by Gasteiger charge is -2.10. The van der Waals surface area contributed by atoms with Gasteiger partial charge in [-0.2, -0.15) is 13.2 Å². The highest BCUT2D eigenvalue weighted by Crippen LogP contribution is 2.30. The number of anilines is 2. The van der Waals surface area contributed by atoms with Gasteiger partial charge in [-0.25, -0.2) is 9.78 Å². The highest BCUT2D eigenvalue weighted by molar-refractivity contribution is 5.99. The Balaban J connectivity index is 1.35. The van der Waals surface area contributed by atoms with Crippen LogP contribution in [-0.4, -0.2) is 15.4 Å². The zero-order valence-corrected chi connectivity index (χ0v) is 15.4. The minimum atomic E-state index is -4.42. The lowest BCUT2D eigenvalue weighted by atomic mass is 10.2. The summed E-state index contributed by atoms with van der Waals surface area (Å²) < 4.78 is 45.4. The number of alkyl halides is 3. The largest absolute Gasteiger partial charge is 0.457 e. The average Bonchev–Trinajstić information content (AvgIpc) is 3.17. The maximum absolute atomic E-state index is 12.6. The fourth-order valence-electron chi connectivity index (χ4n) is 2.73. The summed E-state index contributed by atoms with van der Waals surface area (Å²) in [6, 6.07) is 13.9. The molecule has 0 fully saturated rings. The van der Waals surface area contributed by atoms with E-state index in [0.717, 1.165) is 17.8 Å². The molecule has 0 radical (unpaired) electrons. The lowest BCUT2D eigenvalue weighted by Crippen LogP contribution is -2.19. The molecular weight excluding hydrogens is 397 g/mol. The van der Waals surface area contributed by atoms with Gasteiger partial charge in [-0.15, -0.1) is 0 Å². The minimum Gasteiger partial charge on any atom is -0.457 e. The van der Waals surface area contributed by atoms with Crippen molar-refractivity contribution in [2.24, 2.45) is 0 Å². The lowest BCUT2D eigenvalue weighted by molar-refractivity contribution is -0.137. The number of carbonyl (C=O) groups is 1. The Hall–Kier alpha value is -4.01. The molecule has 2 heterocycles. The second-order valence-electron chi connectivity index (χ2n) is 6.34. The topological polar surface area (TPSA) is 67.7 Å². The predicted octanol–water partition coefficient (Wildman–Crippen LogP) is 5.79. The molecule has 9 heteroatoms. The number of ether oxygens (including phenoxy) is 1. The molecule has 0 aliphatic rings. The maximum atomic E-state index is 12.6. The molecule has 0 spiro atoms. The second-order valence-corrected chi connectivity index (χ2v) is 6.34. The first-order valence-corrected chi connectivity index (χ1v) is 8.83. The number of halogens is 3. The molecule has 0 bridgehead atoms. The molecular formula is C21H15F3N4O2. The van der Waals surface area contributed by atoms with Crippen LogP contribution in [0.15, 0.2) is 79.3 Å². The van der Waals surface area contributed by atoms with E-state index in [-0.39, 0.29) is 5.69 Å². The van der Waals surface area contributed by atoms with Crippen LogP contribution in [0.4, 0.5) is 29.3 Å². The molecule has 2 amide bonds. The van der Waals surface area contributed by atoms with Crippen LogP contribution in [0.1, 0.15) is 5.56 Å². The molecule has 4 aromatic rings. The summed E-state index contributed by atoms with van der Waals surface area (Å²) in [6.07, 6.45) is 0.929. The summed E-state index contributed by atoms with van der Waals surface area (Å²) in [5, 5.41) is 5.09.